The molecule has 128 valence electrons. The normalized spacial score (nSPS) is 13.0. The van der Waals surface area contributed by atoms with Crippen LogP contribution in [-0.2, 0) is 9.59 Å². The molecule has 0 aromatic carbocycles. The fourth-order valence-electron chi connectivity index (χ4n) is 2.27. The van der Waals surface area contributed by atoms with Crippen molar-refractivity contribution in [2.24, 2.45) is 0 Å². The van der Waals surface area contributed by atoms with Gasteiger partial charge in [0.1, 0.15) is 23.0 Å². The van der Waals surface area contributed by atoms with Crippen LogP contribution in [0, 0.1) is 18.3 Å². The highest BCUT2D eigenvalue weighted by Gasteiger charge is 2.28. The largest absolute Gasteiger partial charge is 0.443 e. The standard InChI is InChI=1S/C16H15N5O4/c1-9-12(11(8-17)16(25-9)21-6-2-3-7-21)13(22)19-20-15(24)14(23)18-10-4-5-10/h2-3,6-7,10H,4-5H2,1H3,(H,18,23)(H,19,22)(H,20,24). The Morgan fingerprint density at radius 3 is 2.48 bits per heavy atom. The van der Waals surface area contributed by atoms with Gasteiger partial charge in [-0.2, -0.15) is 5.26 Å². The summed E-state index contributed by atoms with van der Waals surface area (Å²) >= 11 is 0. The predicted octanol–water partition coefficient (Wildman–Crippen LogP) is 0.290. The van der Waals surface area contributed by atoms with E-state index in [9.17, 15) is 19.6 Å². The van der Waals surface area contributed by atoms with Gasteiger partial charge in [-0.1, -0.05) is 0 Å². The number of hydrogen-bond acceptors (Lipinski definition) is 5. The molecule has 1 aliphatic carbocycles. The summed E-state index contributed by atoms with van der Waals surface area (Å²) in [4.78, 5) is 35.5. The Balaban J connectivity index is 1.72. The van der Waals surface area contributed by atoms with Crippen LogP contribution in [0.5, 0.6) is 0 Å². The van der Waals surface area contributed by atoms with E-state index in [1.54, 1.807) is 29.1 Å². The molecule has 0 atom stereocenters. The van der Waals surface area contributed by atoms with Gasteiger partial charge in [0.05, 0.1) is 0 Å². The minimum absolute atomic E-state index is 0.00546. The maximum absolute atomic E-state index is 12.3. The highest BCUT2D eigenvalue weighted by Crippen LogP contribution is 2.25. The number of rotatable bonds is 3. The second kappa shape index (κ2) is 6.52. The Kier molecular flexibility index (Phi) is 4.26. The number of aromatic nitrogens is 1. The van der Waals surface area contributed by atoms with Gasteiger partial charge in [-0.3, -0.25) is 29.8 Å². The summed E-state index contributed by atoms with van der Waals surface area (Å²) < 4.78 is 7.06. The first kappa shape index (κ1) is 16.3. The second-order valence-corrected chi connectivity index (χ2v) is 5.57. The van der Waals surface area contributed by atoms with Gasteiger partial charge in [0, 0.05) is 18.4 Å². The third-order valence-corrected chi connectivity index (χ3v) is 3.65. The number of amides is 3. The van der Waals surface area contributed by atoms with Crippen LogP contribution in [0.4, 0.5) is 0 Å². The van der Waals surface area contributed by atoms with E-state index in [0.29, 0.717) is 0 Å². The van der Waals surface area contributed by atoms with E-state index in [1.807, 2.05) is 11.5 Å². The maximum atomic E-state index is 12.3. The monoisotopic (exact) mass is 341 g/mol. The summed E-state index contributed by atoms with van der Waals surface area (Å²) in [7, 11) is 0. The van der Waals surface area contributed by atoms with Crippen LogP contribution in [0.25, 0.3) is 5.88 Å². The van der Waals surface area contributed by atoms with Crippen LogP contribution in [0.15, 0.2) is 28.9 Å². The molecule has 1 saturated carbocycles. The van der Waals surface area contributed by atoms with Crippen LogP contribution in [-0.4, -0.2) is 28.3 Å². The Bertz CT molecular complexity index is 871. The first-order valence-corrected chi connectivity index (χ1v) is 7.59. The number of hydrogen-bond donors (Lipinski definition) is 3. The summed E-state index contributed by atoms with van der Waals surface area (Å²) in [6.45, 7) is 1.53. The molecule has 0 unspecified atom stereocenters. The first-order chi connectivity index (χ1) is 12.0. The van der Waals surface area contributed by atoms with E-state index in [-0.39, 0.29) is 28.8 Å². The second-order valence-electron chi connectivity index (χ2n) is 5.57. The molecule has 2 aromatic heterocycles. The SMILES string of the molecule is Cc1oc(-n2cccc2)c(C#N)c1C(=O)NNC(=O)C(=O)NC1CC1. The number of nitriles is 1. The lowest BCUT2D eigenvalue weighted by Gasteiger charge is -2.07. The minimum Gasteiger partial charge on any atom is -0.443 e. The third kappa shape index (κ3) is 3.37. The van der Waals surface area contributed by atoms with Gasteiger partial charge in [0.2, 0.25) is 5.88 Å². The molecule has 1 aliphatic rings. The summed E-state index contributed by atoms with van der Waals surface area (Å²) in [5.41, 5.74) is 4.18. The Labute approximate surface area is 142 Å². The molecule has 3 N–H and O–H groups in total. The molecule has 0 aliphatic heterocycles. The van der Waals surface area contributed by atoms with Gasteiger partial charge in [-0.05, 0) is 31.9 Å². The van der Waals surface area contributed by atoms with Crippen LogP contribution in [0.3, 0.4) is 0 Å². The smallest absolute Gasteiger partial charge is 0.327 e. The van der Waals surface area contributed by atoms with Crippen molar-refractivity contribution in [3.05, 3.63) is 41.4 Å². The Hall–Kier alpha value is -3.54. The highest BCUT2D eigenvalue weighted by atomic mass is 16.4. The van der Waals surface area contributed by atoms with Gasteiger partial charge in [-0.15, -0.1) is 0 Å². The molecule has 9 nitrogen and oxygen atoms in total. The number of furan rings is 1. The average molecular weight is 341 g/mol. The zero-order valence-electron chi connectivity index (χ0n) is 13.3. The fourth-order valence-corrected chi connectivity index (χ4v) is 2.27. The number of hydrazine groups is 1. The molecular formula is C16H15N5O4. The van der Waals surface area contributed by atoms with Crippen molar-refractivity contribution in [3.63, 3.8) is 0 Å². The molecule has 0 spiro atoms. The summed E-state index contributed by atoms with van der Waals surface area (Å²) in [5.74, 6) is -2.13. The first-order valence-electron chi connectivity index (χ1n) is 7.59. The van der Waals surface area contributed by atoms with Gasteiger partial charge in [0.15, 0.2) is 0 Å². The number of aryl methyl sites for hydroxylation is 1. The number of carbonyl (C=O) groups is 3. The van der Waals surface area contributed by atoms with Crippen LogP contribution < -0.4 is 16.2 Å². The molecule has 0 bridgehead atoms. The van der Waals surface area contributed by atoms with Crippen LogP contribution >= 0.6 is 0 Å². The quantitative estimate of drug-likeness (QED) is 0.546. The number of nitrogens with one attached hydrogen (secondary N) is 3. The number of nitrogens with zero attached hydrogens (tertiary/aromatic N) is 2. The van der Waals surface area contributed by atoms with Crippen molar-refractivity contribution >= 4 is 17.7 Å². The van der Waals surface area contributed by atoms with Gasteiger partial charge < -0.3 is 9.73 Å². The van der Waals surface area contributed by atoms with Crippen molar-refractivity contribution in [1.82, 2.24) is 20.7 Å². The van der Waals surface area contributed by atoms with Crippen molar-refractivity contribution in [3.8, 4) is 12.0 Å². The molecule has 1 fully saturated rings. The maximum Gasteiger partial charge on any atom is 0.327 e. The van der Waals surface area contributed by atoms with E-state index in [4.69, 9.17) is 4.42 Å². The predicted molar refractivity (Wildman–Crippen MR) is 84.3 cm³/mol. The number of carbonyl (C=O) groups excluding carboxylic acids is 3. The van der Waals surface area contributed by atoms with E-state index in [0.717, 1.165) is 12.8 Å². The summed E-state index contributed by atoms with van der Waals surface area (Å²) in [6.07, 6.45) is 5.02. The van der Waals surface area contributed by atoms with E-state index in [2.05, 4.69) is 10.7 Å². The molecule has 3 amide bonds. The van der Waals surface area contributed by atoms with E-state index < -0.39 is 17.7 Å². The average Bonchev–Trinajstić information content (AvgIpc) is 3.12. The van der Waals surface area contributed by atoms with Crippen molar-refractivity contribution < 1.29 is 18.8 Å². The van der Waals surface area contributed by atoms with Gasteiger partial charge in [0.25, 0.3) is 5.91 Å². The van der Waals surface area contributed by atoms with Crippen molar-refractivity contribution in [1.29, 1.82) is 5.26 Å². The van der Waals surface area contributed by atoms with Crippen LogP contribution in [0.2, 0.25) is 0 Å². The summed E-state index contributed by atoms with van der Waals surface area (Å²) in [5, 5.41) is 11.9. The minimum atomic E-state index is -0.981. The molecule has 0 radical (unpaired) electrons. The Morgan fingerprint density at radius 2 is 1.88 bits per heavy atom. The molecular weight excluding hydrogens is 326 g/mol. The zero-order chi connectivity index (χ0) is 18.0. The van der Waals surface area contributed by atoms with Gasteiger partial charge >= 0.3 is 11.8 Å². The molecule has 25 heavy (non-hydrogen) atoms. The van der Waals surface area contributed by atoms with E-state index in [1.165, 1.54) is 6.92 Å². The molecule has 0 saturated heterocycles. The van der Waals surface area contributed by atoms with Crippen molar-refractivity contribution in [2.45, 2.75) is 25.8 Å². The highest BCUT2D eigenvalue weighted by molar-refractivity contribution is 6.35. The fraction of sp³-hybridized carbons (Fsp3) is 0.250. The lowest BCUT2D eigenvalue weighted by molar-refractivity contribution is -0.139. The van der Waals surface area contributed by atoms with E-state index >= 15 is 0 Å². The molecule has 2 aromatic rings. The third-order valence-electron chi connectivity index (χ3n) is 3.65. The molecule has 3 rings (SSSR count). The van der Waals surface area contributed by atoms with Crippen LogP contribution in [0.1, 0.15) is 34.5 Å². The Morgan fingerprint density at radius 1 is 1.20 bits per heavy atom. The zero-order valence-corrected chi connectivity index (χ0v) is 13.3. The topological polar surface area (TPSA) is 129 Å². The summed E-state index contributed by atoms with van der Waals surface area (Å²) in [6, 6.07) is 5.45. The molecule has 2 heterocycles. The van der Waals surface area contributed by atoms with Crippen molar-refractivity contribution in [2.75, 3.05) is 0 Å². The van der Waals surface area contributed by atoms with Gasteiger partial charge in [-0.25, -0.2) is 0 Å². The molecule has 9 heteroatoms. The lowest BCUT2D eigenvalue weighted by atomic mass is 10.1. The lowest BCUT2D eigenvalue weighted by Crippen LogP contribution is -2.49.